The summed E-state index contributed by atoms with van der Waals surface area (Å²) in [6.07, 6.45) is 12.6. The minimum absolute atomic E-state index is 0. The summed E-state index contributed by atoms with van der Waals surface area (Å²) in [6.45, 7) is 3.32. The molecule has 14 atom stereocenters. The van der Waals surface area contributed by atoms with Crippen molar-refractivity contribution in [2.24, 2.45) is 0 Å². The molecule has 2 saturated heterocycles. The number of hydrogen-bond donors (Lipinski definition) is 8. The third-order valence-corrected chi connectivity index (χ3v) is 16.4. The summed E-state index contributed by atoms with van der Waals surface area (Å²) in [5.41, 5.74) is -0.429. The maximum absolute atomic E-state index is 11.4. The van der Waals surface area contributed by atoms with Crippen LogP contribution in [0.4, 0.5) is 0 Å². The molecule has 0 amide bonds. The summed E-state index contributed by atoms with van der Waals surface area (Å²) >= 11 is 0. The van der Waals surface area contributed by atoms with E-state index in [1.165, 1.54) is 89.9 Å². The van der Waals surface area contributed by atoms with Crippen LogP contribution in [0.2, 0.25) is 0 Å². The number of aliphatic hydroxyl groups excluding tert-OH is 6. The van der Waals surface area contributed by atoms with Gasteiger partial charge in [-0.15, -0.1) is 0 Å². The van der Waals surface area contributed by atoms with Crippen molar-refractivity contribution in [3.05, 3.63) is 144 Å². The largest absolute Gasteiger partial charge is 1.00 e. The van der Waals surface area contributed by atoms with Gasteiger partial charge in [-0.3, -0.25) is 4.18 Å². The molecule has 21 heteroatoms. The Kier molecular flexibility index (Phi) is 36.7. The van der Waals surface area contributed by atoms with Crippen LogP contribution in [0.15, 0.2) is 121 Å². The fourth-order valence-electron chi connectivity index (χ4n) is 11.5. The van der Waals surface area contributed by atoms with Gasteiger partial charge in [0.25, 0.3) is 0 Å². The molecule has 4 aromatic carbocycles. The Morgan fingerprint density at radius 2 is 0.800 bits per heavy atom. The van der Waals surface area contributed by atoms with Crippen molar-refractivity contribution in [3.63, 3.8) is 0 Å². The zero-order valence-electron chi connectivity index (χ0n) is 50.3. The van der Waals surface area contributed by atoms with E-state index in [4.69, 9.17) is 18.9 Å². The Balaban J connectivity index is 0.000000305. The van der Waals surface area contributed by atoms with Gasteiger partial charge in [0.15, 0.2) is 12.6 Å². The zero-order valence-corrected chi connectivity index (χ0v) is 55.1. The predicted molar refractivity (Wildman–Crippen MR) is 309 cm³/mol. The number of carbonyl (C=O) groups is 1. The number of unbranched alkanes of at least 4 members (excludes halogenated alkanes) is 17. The normalized spacial score (nSPS) is 27.0. The molecule has 85 heavy (non-hydrogen) atoms. The fraction of sp³-hybridized carbons (Fsp3) is 0.609. The molecule has 0 radical (unpaired) electrons. The molecule has 8 N–H and O–H groups in total. The zero-order chi connectivity index (χ0) is 60.3. The molecule has 4 aliphatic rings. The molecule has 8 rings (SSSR count). The Labute approximate surface area is 548 Å². The first-order valence-electron chi connectivity index (χ1n) is 30.0. The first-order chi connectivity index (χ1) is 40.0. The van der Waals surface area contributed by atoms with Gasteiger partial charge in [-0.1, -0.05) is 244 Å². The second-order valence-corrected chi connectivity index (χ2v) is 23.2. The van der Waals surface area contributed by atoms with Gasteiger partial charge in [-0.05, 0) is 30.4 Å². The molecule has 0 aromatic heterocycles. The van der Waals surface area contributed by atoms with Crippen LogP contribution in [0.1, 0.15) is 189 Å². The number of rotatable bonds is 30. The molecule has 0 spiro atoms. The summed E-state index contributed by atoms with van der Waals surface area (Å²) in [4.78, 5) is 10.1. The van der Waals surface area contributed by atoms with Crippen molar-refractivity contribution in [2.45, 2.75) is 227 Å². The van der Waals surface area contributed by atoms with E-state index in [0.29, 0.717) is 17.5 Å². The van der Waals surface area contributed by atoms with Crippen LogP contribution in [-0.2, 0) is 38.3 Å². The van der Waals surface area contributed by atoms with Crippen molar-refractivity contribution in [1.29, 1.82) is 0 Å². The molecule has 2 heterocycles. The van der Waals surface area contributed by atoms with Gasteiger partial charge in [0.1, 0.15) is 47.8 Å². The van der Waals surface area contributed by atoms with Gasteiger partial charge in [0.2, 0.25) is 10.4 Å². The molecule has 2 saturated carbocycles. The molecule has 18 nitrogen and oxygen atoms in total. The van der Waals surface area contributed by atoms with Crippen LogP contribution in [0.25, 0.3) is 0 Å². The predicted octanol–water partition coefficient (Wildman–Crippen LogP) is 1.47. The third kappa shape index (κ3) is 22.9. The molecular formula is C64H92Na2O18S. The Hall–Kier alpha value is -2.26. The van der Waals surface area contributed by atoms with Crippen LogP contribution in [-0.4, -0.2) is 140 Å². The quantitative estimate of drug-likeness (QED) is 0.0159. The number of benzene rings is 4. The molecular weight excluding hydrogens is 1130 g/mol. The number of aliphatic hydroxyl groups is 8. The maximum atomic E-state index is 11.4. The van der Waals surface area contributed by atoms with Crippen LogP contribution in [0.5, 0.6) is 0 Å². The van der Waals surface area contributed by atoms with Crippen molar-refractivity contribution in [1.82, 2.24) is 0 Å². The van der Waals surface area contributed by atoms with Crippen LogP contribution >= 0.6 is 0 Å². The Morgan fingerprint density at radius 3 is 1.09 bits per heavy atom. The Morgan fingerprint density at radius 1 is 0.506 bits per heavy atom. The van der Waals surface area contributed by atoms with Gasteiger partial charge >= 0.3 is 59.1 Å². The van der Waals surface area contributed by atoms with Gasteiger partial charge in [0, 0.05) is 28.9 Å². The molecule has 2 aliphatic carbocycles. The van der Waals surface area contributed by atoms with Crippen LogP contribution < -0.4 is 64.2 Å². The second kappa shape index (κ2) is 40.5. The molecule has 6 unspecified atom stereocenters. The number of carboxylic acid groups (broad SMARTS) is 1. The summed E-state index contributed by atoms with van der Waals surface area (Å²) in [7, 11) is -4.48. The van der Waals surface area contributed by atoms with E-state index in [-0.39, 0.29) is 72.1 Å². The van der Waals surface area contributed by atoms with E-state index in [2.05, 4.69) is 18.0 Å². The summed E-state index contributed by atoms with van der Waals surface area (Å²) in [6, 6.07) is 36.3. The minimum atomic E-state index is -4.48. The van der Waals surface area contributed by atoms with E-state index in [0.717, 1.165) is 36.8 Å². The van der Waals surface area contributed by atoms with E-state index in [1.807, 2.05) is 72.8 Å². The van der Waals surface area contributed by atoms with Gasteiger partial charge in [-0.25, -0.2) is 8.42 Å². The van der Waals surface area contributed by atoms with Crippen LogP contribution in [0.3, 0.4) is 0 Å². The van der Waals surface area contributed by atoms with Gasteiger partial charge in [0.05, 0.1) is 32.0 Å². The number of fused-ring (bicyclic) bond motifs is 2. The monoisotopic (exact) mass is 1230 g/mol. The van der Waals surface area contributed by atoms with Crippen molar-refractivity contribution in [2.75, 3.05) is 19.8 Å². The number of aliphatic carboxylic acids is 1. The number of carbonyl (C=O) groups excluding carboxylic acids is 1. The minimum Gasteiger partial charge on any atom is -0.726 e. The van der Waals surface area contributed by atoms with E-state index in [9.17, 15) is 63.7 Å². The SMILES string of the molecule is CCCCCCCCCCCC(=O)[O-].CCCCCCCCCCCCOS(=O)(=O)[O-].OC[C@@H](O)[C@H]1OC(c2ccccc2)O[C@H]2C(O)C(c3ccccc3)[C@]12O.OC[C@@H](O)[C@H]1OC(c2ccccc2)O[C@H]2C(O)C(c3ccccc3)[C@]12O.[Na+].[Na+]. The van der Waals surface area contributed by atoms with Crippen molar-refractivity contribution >= 4 is 16.4 Å². The average molecular weight is 1230 g/mol. The molecule has 464 valence electrons. The van der Waals surface area contributed by atoms with E-state index >= 15 is 0 Å². The summed E-state index contributed by atoms with van der Waals surface area (Å²) in [5, 5.41) is 93.7. The second-order valence-electron chi connectivity index (χ2n) is 22.1. The number of carboxylic acids is 1. The summed E-state index contributed by atoms with van der Waals surface area (Å²) in [5.74, 6) is -2.28. The molecule has 0 bridgehead atoms. The average Bonchev–Trinajstić information content (AvgIpc) is 2.33. The van der Waals surface area contributed by atoms with Crippen molar-refractivity contribution < 1.29 is 146 Å². The first kappa shape index (κ1) is 77.0. The van der Waals surface area contributed by atoms with Gasteiger partial charge in [-0.2, -0.15) is 0 Å². The Bertz CT molecular complexity index is 2360. The smallest absolute Gasteiger partial charge is 0.726 e. The number of hydrogen-bond acceptors (Lipinski definition) is 18. The van der Waals surface area contributed by atoms with Gasteiger partial charge < -0.3 is 74.3 Å². The fourth-order valence-corrected chi connectivity index (χ4v) is 11.9. The maximum Gasteiger partial charge on any atom is 1.00 e. The standard InChI is InChI=1S/2C20H22O6.C12H26O4S.C12H24O2.2Na/c2*21-11-14(22)17-20(24)15(12-7-3-1-4-8-12)16(23)18(20)26-19(25-17)13-9-5-2-6-10-13;1-2-3-4-5-6-7-8-9-10-11-12-16-17(13,14)15;1-2-3-4-5-6-7-8-9-10-11-12(13)14;;/h2*1-10,14-19,21-24H,11H2;2-12H2,1H3,(H,13,14,15);2-11H2,1H3,(H,13,14);;/q;;;;2*+1/p-2/t2*14-,15?,16?,17-,18+,19?,20+;;;;/m11..../s1. The topological polar surface area (TPSA) is 305 Å². The molecule has 4 aromatic rings. The van der Waals surface area contributed by atoms with Crippen LogP contribution in [0, 0.1) is 0 Å². The number of ether oxygens (including phenoxy) is 4. The molecule has 2 aliphatic heterocycles. The van der Waals surface area contributed by atoms with E-state index < -0.39 is 114 Å². The van der Waals surface area contributed by atoms with Crippen molar-refractivity contribution in [3.8, 4) is 0 Å². The first-order valence-corrected chi connectivity index (χ1v) is 31.3. The van der Waals surface area contributed by atoms with E-state index in [1.54, 1.807) is 48.5 Å². The molecule has 4 fully saturated rings. The third-order valence-electron chi connectivity index (χ3n) is 15.9. The summed E-state index contributed by atoms with van der Waals surface area (Å²) < 4.78 is 57.9.